The summed E-state index contributed by atoms with van der Waals surface area (Å²) in [5, 5.41) is 0. The fourth-order valence-corrected chi connectivity index (χ4v) is 3.25. The van der Waals surface area contributed by atoms with E-state index in [1.807, 2.05) is 20.0 Å². The average Bonchev–Trinajstić information content (AvgIpc) is 3.43. The third-order valence-corrected chi connectivity index (χ3v) is 5.01. The molecule has 4 nitrogen and oxygen atoms in total. The minimum Gasteiger partial charge on any atom is -0.477 e. The number of aromatic nitrogens is 3. The molecule has 0 radical (unpaired) electrons. The van der Waals surface area contributed by atoms with Crippen LogP contribution in [0.1, 0.15) is 35.0 Å². The predicted molar refractivity (Wildman–Crippen MR) is 102 cm³/mol. The van der Waals surface area contributed by atoms with E-state index in [1.54, 1.807) is 25.3 Å². The second-order valence-electron chi connectivity index (χ2n) is 7.27. The maximum absolute atomic E-state index is 13.6. The SMILES string of the molecule is Cc1ccc([C@H]2C[C@@H]2COc2nc(C)ncc2-c2ccc(F)c(C)c2)nc1. The largest absolute Gasteiger partial charge is 0.477 e. The molecule has 0 amide bonds. The minimum absolute atomic E-state index is 0.222. The Morgan fingerprint density at radius 1 is 1.07 bits per heavy atom. The van der Waals surface area contributed by atoms with Crippen molar-refractivity contribution in [2.45, 2.75) is 33.1 Å². The van der Waals surface area contributed by atoms with Crippen LogP contribution in [0.5, 0.6) is 5.88 Å². The highest BCUT2D eigenvalue weighted by Gasteiger charge is 2.40. The Balaban J connectivity index is 1.50. The third-order valence-electron chi connectivity index (χ3n) is 5.01. The lowest BCUT2D eigenvalue weighted by Gasteiger charge is -2.12. The van der Waals surface area contributed by atoms with Crippen molar-refractivity contribution in [2.75, 3.05) is 6.61 Å². The second-order valence-corrected chi connectivity index (χ2v) is 7.27. The van der Waals surface area contributed by atoms with Gasteiger partial charge in [-0.3, -0.25) is 4.98 Å². The highest BCUT2D eigenvalue weighted by Crippen LogP contribution is 2.47. The maximum Gasteiger partial charge on any atom is 0.224 e. The fourth-order valence-electron chi connectivity index (χ4n) is 3.25. The van der Waals surface area contributed by atoms with Gasteiger partial charge in [0, 0.05) is 29.9 Å². The summed E-state index contributed by atoms with van der Waals surface area (Å²) in [4.78, 5) is 13.3. The molecule has 2 atom stereocenters. The van der Waals surface area contributed by atoms with Crippen LogP contribution in [0, 0.1) is 32.5 Å². The van der Waals surface area contributed by atoms with Crippen LogP contribution in [0.25, 0.3) is 11.1 Å². The van der Waals surface area contributed by atoms with Crippen molar-refractivity contribution in [3.05, 3.63) is 71.2 Å². The van der Waals surface area contributed by atoms with Crippen molar-refractivity contribution in [1.29, 1.82) is 0 Å². The number of hydrogen-bond acceptors (Lipinski definition) is 4. The van der Waals surface area contributed by atoms with Gasteiger partial charge in [0.15, 0.2) is 0 Å². The van der Waals surface area contributed by atoms with Crippen LogP contribution >= 0.6 is 0 Å². The molecule has 5 heteroatoms. The Morgan fingerprint density at radius 2 is 1.93 bits per heavy atom. The molecule has 1 aliphatic carbocycles. The van der Waals surface area contributed by atoms with Gasteiger partial charge in [-0.1, -0.05) is 12.1 Å². The Labute approximate surface area is 158 Å². The summed E-state index contributed by atoms with van der Waals surface area (Å²) in [6.07, 6.45) is 4.73. The first kappa shape index (κ1) is 17.6. The second kappa shape index (κ2) is 7.06. The van der Waals surface area contributed by atoms with E-state index in [4.69, 9.17) is 4.74 Å². The van der Waals surface area contributed by atoms with E-state index < -0.39 is 0 Å². The van der Waals surface area contributed by atoms with Crippen molar-refractivity contribution in [3.8, 4) is 17.0 Å². The third kappa shape index (κ3) is 3.82. The number of pyridine rings is 1. The number of ether oxygens (including phenoxy) is 1. The predicted octanol–water partition coefficient (Wildman–Crippen LogP) is 4.79. The van der Waals surface area contributed by atoms with Crippen LogP contribution in [0.15, 0.2) is 42.7 Å². The molecule has 27 heavy (non-hydrogen) atoms. The topological polar surface area (TPSA) is 47.9 Å². The summed E-state index contributed by atoms with van der Waals surface area (Å²) >= 11 is 0. The van der Waals surface area contributed by atoms with Crippen LogP contribution in [-0.2, 0) is 0 Å². The summed E-state index contributed by atoms with van der Waals surface area (Å²) < 4.78 is 19.7. The van der Waals surface area contributed by atoms with E-state index in [0.717, 1.165) is 23.2 Å². The Morgan fingerprint density at radius 3 is 2.67 bits per heavy atom. The zero-order valence-electron chi connectivity index (χ0n) is 15.7. The summed E-state index contributed by atoms with van der Waals surface area (Å²) in [5.41, 5.74) is 4.53. The molecule has 0 N–H and O–H groups in total. The van der Waals surface area contributed by atoms with Crippen molar-refractivity contribution in [1.82, 2.24) is 15.0 Å². The van der Waals surface area contributed by atoms with Crippen LogP contribution in [0.2, 0.25) is 0 Å². The first-order valence-corrected chi connectivity index (χ1v) is 9.17. The number of nitrogens with zero attached hydrogens (tertiary/aromatic N) is 3. The molecule has 0 aliphatic heterocycles. The molecule has 0 spiro atoms. The Bertz CT molecular complexity index is 972. The first-order chi connectivity index (χ1) is 13.0. The molecule has 1 fully saturated rings. The lowest BCUT2D eigenvalue weighted by molar-refractivity contribution is 0.285. The molecule has 0 saturated heterocycles. The van der Waals surface area contributed by atoms with Crippen molar-refractivity contribution < 1.29 is 9.13 Å². The number of hydrogen-bond donors (Lipinski definition) is 0. The van der Waals surface area contributed by atoms with E-state index in [1.165, 1.54) is 11.6 Å². The zero-order chi connectivity index (χ0) is 19.0. The van der Waals surface area contributed by atoms with Gasteiger partial charge in [-0.2, -0.15) is 4.98 Å². The molecule has 138 valence electrons. The number of rotatable bonds is 5. The van der Waals surface area contributed by atoms with Gasteiger partial charge in [0.2, 0.25) is 5.88 Å². The summed E-state index contributed by atoms with van der Waals surface area (Å²) in [6, 6.07) is 9.20. The molecule has 4 rings (SSSR count). The van der Waals surface area contributed by atoms with Gasteiger partial charge in [0.1, 0.15) is 11.6 Å². The summed E-state index contributed by atoms with van der Waals surface area (Å²) in [7, 11) is 0. The molecule has 2 aromatic heterocycles. The standard InChI is InChI=1S/C22H22FN3O/c1-13-4-7-21(25-10-13)18-9-17(18)12-27-22-19(11-24-15(3)26-22)16-5-6-20(23)14(2)8-16/h4-8,10-11,17-18H,9,12H2,1-3H3/t17-,18+/m1/s1. The Kier molecular flexibility index (Phi) is 4.60. The van der Waals surface area contributed by atoms with E-state index in [-0.39, 0.29) is 5.82 Å². The normalized spacial score (nSPS) is 18.4. The number of benzene rings is 1. The molecule has 0 bridgehead atoms. The molecular weight excluding hydrogens is 341 g/mol. The van der Waals surface area contributed by atoms with Gasteiger partial charge in [-0.25, -0.2) is 9.37 Å². The quantitative estimate of drug-likeness (QED) is 0.654. The van der Waals surface area contributed by atoms with Gasteiger partial charge in [0.05, 0.1) is 12.2 Å². The molecule has 1 aliphatic rings. The summed E-state index contributed by atoms with van der Waals surface area (Å²) in [5.74, 6) is 1.88. The lowest BCUT2D eigenvalue weighted by Crippen LogP contribution is -2.05. The fraction of sp³-hybridized carbons (Fsp3) is 0.318. The molecular formula is C22H22FN3O. The van der Waals surface area contributed by atoms with E-state index >= 15 is 0 Å². The Hall–Kier alpha value is -2.82. The lowest BCUT2D eigenvalue weighted by atomic mass is 10.1. The van der Waals surface area contributed by atoms with Gasteiger partial charge in [-0.15, -0.1) is 0 Å². The maximum atomic E-state index is 13.6. The number of halogens is 1. The van der Waals surface area contributed by atoms with Crippen molar-refractivity contribution in [3.63, 3.8) is 0 Å². The molecule has 0 unspecified atom stereocenters. The minimum atomic E-state index is -0.222. The van der Waals surface area contributed by atoms with Gasteiger partial charge < -0.3 is 4.74 Å². The highest BCUT2D eigenvalue weighted by atomic mass is 19.1. The van der Waals surface area contributed by atoms with Crippen LogP contribution in [0.4, 0.5) is 4.39 Å². The average molecular weight is 363 g/mol. The van der Waals surface area contributed by atoms with Crippen LogP contribution in [0.3, 0.4) is 0 Å². The molecule has 1 aromatic carbocycles. The highest BCUT2D eigenvalue weighted by molar-refractivity contribution is 5.68. The smallest absolute Gasteiger partial charge is 0.224 e. The van der Waals surface area contributed by atoms with E-state index in [9.17, 15) is 4.39 Å². The summed E-state index contributed by atoms with van der Waals surface area (Å²) in [6.45, 7) is 6.21. The van der Waals surface area contributed by atoms with E-state index in [2.05, 4.69) is 27.1 Å². The number of aryl methyl sites for hydroxylation is 3. The zero-order valence-corrected chi connectivity index (χ0v) is 15.7. The van der Waals surface area contributed by atoms with Gasteiger partial charge in [-0.05, 0) is 62.1 Å². The first-order valence-electron chi connectivity index (χ1n) is 9.17. The monoisotopic (exact) mass is 363 g/mol. The van der Waals surface area contributed by atoms with Crippen LogP contribution in [-0.4, -0.2) is 21.6 Å². The molecule has 3 aromatic rings. The van der Waals surface area contributed by atoms with Gasteiger partial charge >= 0.3 is 0 Å². The van der Waals surface area contributed by atoms with Crippen molar-refractivity contribution >= 4 is 0 Å². The van der Waals surface area contributed by atoms with Crippen LogP contribution < -0.4 is 4.74 Å². The van der Waals surface area contributed by atoms with Crippen molar-refractivity contribution in [2.24, 2.45) is 5.92 Å². The van der Waals surface area contributed by atoms with E-state index in [0.29, 0.717) is 35.7 Å². The molecule has 2 heterocycles. The van der Waals surface area contributed by atoms with Gasteiger partial charge in [0.25, 0.3) is 0 Å². The molecule has 1 saturated carbocycles.